The molecule has 1 aromatic carbocycles. The normalized spacial score (nSPS) is 20.6. The Bertz CT molecular complexity index is 944. The summed E-state index contributed by atoms with van der Waals surface area (Å²) in [5.74, 6) is 0.958. The van der Waals surface area contributed by atoms with E-state index < -0.39 is 17.3 Å². The van der Waals surface area contributed by atoms with Crippen LogP contribution in [-0.4, -0.2) is 24.2 Å². The van der Waals surface area contributed by atoms with Crippen LogP contribution in [0.15, 0.2) is 33.5 Å². The third-order valence-electron chi connectivity index (χ3n) is 5.04. The van der Waals surface area contributed by atoms with Crippen molar-refractivity contribution < 1.29 is 18.7 Å². The molecule has 0 saturated carbocycles. The number of nitrogens with one attached hydrogen (secondary N) is 1. The first-order valence-electron chi connectivity index (χ1n) is 10.3. The average Bonchev–Trinajstić information content (AvgIpc) is 2.60. The lowest BCUT2D eigenvalue weighted by Crippen LogP contribution is -2.55. The second-order valence-corrected chi connectivity index (χ2v) is 9.14. The summed E-state index contributed by atoms with van der Waals surface area (Å²) in [7, 11) is 0. The third-order valence-corrected chi connectivity index (χ3v) is 5.04. The number of fused-ring (bicyclic) bond motifs is 3. The van der Waals surface area contributed by atoms with Crippen molar-refractivity contribution in [3.05, 3.63) is 40.2 Å². The Labute approximate surface area is 171 Å². The molecule has 1 aliphatic heterocycles. The molecule has 3 rings (SSSR count). The van der Waals surface area contributed by atoms with Crippen LogP contribution in [0.25, 0.3) is 11.0 Å². The molecule has 6 nitrogen and oxygen atoms in total. The molecule has 0 bridgehead atoms. The van der Waals surface area contributed by atoms with Crippen LogP contribution in [-0.2, 0) is 9.53 Å². The highest BCUT2D eigenvalue weighted by atomic mass is 16.6. The van der Waals surface area contributed by atoms with Crippen molar-refractivity contribution in [2.24, 2.45) is 11.8 Å². The summed E-state index contributed by atoms with van der Waals surface area (Å²) in [5.41, 5.74) is 0.0164. The van der Waals surface area contributed by atoms with Crippen LogP contribution in [0.1, 0.15) is 59.6 Å². The van der Waals surface area contributed by atoms with E-state index in [1.165, 1.54) is 6.07 Å². The van der Waals surface area contributed by atoms with Gasteiger partial charge in [0, 0.05) is 17.9 Å². The van der Waals surface area contributed by atoms with Crippen molar-refractivity contribution in [1.82, 2.24) is 5.32 Å². The molecule has 0 aliphatic carbocycles. The Kier molecular flexibility index (Phi) is 6.03. The second kappa shape index (κ2) is 8.19. The minimum absolute atomic E-state index is 0.198. The van der Waals surface area contributed by atoms with Gasteiger partial charge < -0.3 is 19.2 Å². The lowest BCUT2D eigenvalue weighted by molar-refractivity contribution is -0.166. The largest absolute Gasteiger partial charge is 0.483 e. The van der Waals surface area contributed by atoms with Gasteiger partial charge in [0.05, 0.1) is 11.6 Å². The maximum atomic E-state index is 12.5. The zero-order valence-corrected chi connectivity index (χ0v) is 18.1. The van der Waals surface area contributed by atoms with Crippen molar-refractivity contribution in [3.63, 3.8) is 0 Å². The van der Waals surface area contributed by atoms with Gasteiger partial charge in [-0.15, -0.1) is 0 Å². The molecule has 158 valence electrons. The molecule has 2 heterocycles. The number of carbonyl (C=O) groups excluding carboxylic acids is 1. The monoisotopic (exact) mass is 401 g/mol. The molecule has 29 heavy (non-hydrogen) atoms. The fourth-order valence-electron chi connectivity index (χ4n) is 3.72. The van der Waals surface area contributed by atoms with Gasteiger partial charge in [-0.05, 0) is 50.4 Å². The van der Waals surface area contributed by atoms with E-state index in [1.807, 2.05) is 39.8 Å². The Morgan fingerprint density at radius 3 is 2.48 bits per heavy atom. The van der Waals surface area contributed by atoms with Crippen molar-refractivity contribution in [2.75, 3.05) is 6.54 Å². The lowest BCUT2D eigenvalue weighted by atomic mass is 9.85. The Morgan fingerprint density at radius 2 is 1.83 bits per heavy atom. The highest BCUT2D eigenvalue weighted by Gasteiger charge is 2.47. The summed E-state index contributed by atoms with van der Waals surface area (Å²) in [4.78, 5) is 24.5. The number of rotatable bonds is 6. The number of esters is 1. The van der Waals surface area contributed by atoms with Crippen molar-refractivity contribution in [2.45, 2.75) is 65.7 Å². The SMILES string of the molecule is CC(C)CNC1c2c(ccc3ccc(=O)oc23)OC(C)(C)C1OC(=O)CC(C)C. The minimum atomic E-state index is -0.753. The lowest BCUT2D eigenvalue weighted by Gasteiger charge is -2.44. The van der Waals surface area contributed by atoms with Gasteiger partial charge in [0.15, 0.2) is 6.10 Å². The number of hydrogen-bond acceptors (Lipinski definition) is 6. The molecule has 0 spiro atoms. The van der Waals surface area contributed by atoms with Crippen molar-refractivity contribution in [3.8, 4) is 5.75 Å². The molecule has 1 aliphatic rings. The topological polar surface area (TPSA) is 77.8 Å². The van der Waals surface area contributed by atoms with Gasteiger partial charge in [0.1, 0.15) is 16.9 Å². The Morgan fingerprint density at radius 1 is 1.14 bits per heavy atom. The maximum absolute atomic E-state index is 12.5. The summed E-state index contributed by atoms with van der Waals surface area (Å²) >= 11 is 0. The predicted molar refractivity (Wildman–Crippen MR) is 112 cm³/mol. The molecule has 6 heteroatoms. The molecule has 0 radical (unpaired) electrons. The quantitative estimate of drug-likeness (QED) is 0.577. The first-order valence-corrected chi connectivity index (χ1v) is 10.3. The zero-order valence-electron chi connectivity index (χ0n) is 18.1. The fourth-order valence-corrected chi connectivity index (χ4v) is 3.72. The van der Waals surface area contributed by atoms with Crippen LogP contribution in [0.5, 0.6) is 5.75 Å². The van der Waals surface area contributed by atoms with E-state index in [4.69, 9.17) is 13.9 Å². The molecular formula is C23H31NO5. The Balaban J connectivity index is 2.12. The van der Waals surface area contributed by atoms with Gasteiger partial charge in [-0.3, -0.25) is 4.79 Å². The molecule has 1 N–H and O–H groups in total. The average molecular weight is 402 g/mol. The fraction of sp³-hybridized carbons (Fsp3) is 0.565. The molecule has 2 aromatic rings. The van der Waals surface area contributed by atoms with Gasteiger partial charge in [-0.2, -0.15) is 0 Å². The molecule has 0 amide bonds. The van der Waals surface area contributed by atoms with Gasteiger partial charge in [0.25, 0.3) is 0 Å². The van der Waals surface area contributed by atoms with E-state index in [0.717, 1.165) is 10.9 Å². The first-order chi connectivity index (χ1) is 13.6. The number of carbonyl (C=O) groups is 1. The molecule has 2 atom stereocenters. The van der Waals surface area contributed by atoms with Crippen molar-refractivity contribution >= 4 is 16.9 Å². The Hall–Kier alpha value is -2.34. The van der Waals surface area contributed by atoms with E-state index in [-0.39, 0.29) is 17.9 Å². The molecule has 0 fully saturated rings. The van der Waals surface area contributed by atoms with Crippen molar-refractivity contribution in [1.29, 1.82) is 0 Å². The van der Waals surface area contributed by atoms with Crippen LogP contribution in [0.3, 0.4) is 0 Å². The van der Waals surface area contributed by atoms with Gasteiger partial charge in [-0.1, -0.05) is 27.7 Å². The highest BCUT2D eigenvalue weighted by molar-refractivity contribution is 5.83. The third kappa shape index (κ3) is 4.64. The minimum Gasteiger partial charge on any atom is -0.483 e. The smallest absolute Gasteiger partial charge is 0.336 e. The highest BCUT2D eigenvalue weighted by Crippen LogP contribution is 2.44. The summed E-state index contributed by atoms with van der Waals surface area (Å²) < 4.78 is 17.8. The standard InChI is InChI=1S/C23H31NO5/c1-13(2)11-18(26)28-22-20(24-12-14(3)4)19-16(29-23(22,5)6)9-7-15-8-10-17(25)27-21(15)19/h7-10,13-14,20,22,24H,11-12H2,1-6H3. The summed E-state index contributed by atoms with van der Waals surface area (Å²) in [6.45, 7) is 12.7. The van der Waals surface area contributed by atoms with Gasteiger partial charge in [0.2, 0.25) is 0 Å². The molecule has 0 saturated heterocycles. The first kappa shape index (κ1) is 21.4. The van der Waals surface area contributed by atoms with Gasteiger partial charge >= 0.3 is 11.6 Å². The predicted octanol–water partition coefficient (Wildman–Crippen LogP) is 4.21. The van der Waals surface area contributed by atoms with Gasteiger partial charge in [-0.25, -0.2) is 4.79 Å². The molecule has 1 aromatic heterocycles. The van der Waals surface area contributed by atoms with Crippen LogP contribution < -0.4 is 15.7 Å². The van der Waals surface area contributed by atoms with Crippen LogP contribution in [0, 0.1) is 11.8 Å². The number of hydrogen-bond donors (Lipinski definition) is 1. The molecule has 2 unspecified atom stereocenters. The summed E-state index contributed by atoms with van der Waals surface area (Å²) in [6.07, 6.45) is -0.239. The number of ether oxygens (including phenoxy) is 2. The maximum Gasteiger partial charge on any atom is 0.336 e. The summed E-state index contributed by atoms with van der Waals surface area (Å²) in [5, 5.41) is 4.34. The molecular weight excluding hydrogens is 370 g/mol. The van der Waals surface area contributed by atoms with E-state index >= 15 is 0 Å². The van der Waals surface area contributed by atoms with E-state index in [0.29, 0.717) is 30.2 Å². The zero-order chi connectivity index (χ0) is 21.3. The second-order valence-electron chi connectivity index (χ2n) is 9.14. The van der Waals surface area contributed by atoms with Crippen LogP contribution in [0.4, 0.5) is 0 Å². The summed E-state index contributed by atoms with van der Waals surface area (Å²) in [6, 6.07) is 6.54. The van der Waals surface area contributed by atoms with E-state index in [9.17, 15) is 9.59 Å². The van der Waals surface area contributed by atoms with E-state index in [2.05, 4.69) is 19.2 Å². The van der Waals surface area contributed by atoms with Crippen LogP contribution >= 0.6 is 0 Å². The van der Waals surface area contributed by atoms with E-state index in [1.54, 1.807) is 6.07 Å². The van der Waals surface area contributed by atoms with Crippen LogP contribution in [0.2, 0.25) is 0 Å². The number of benzene rings is 1.